The number of likely N-dealkylation sites (tertiary alicyclic amines) is 1. The molecule has 2 bridgehead atoms. The number of ether oxygens (including phenoxy) is 3. The molecule has 0 radical (unpaired) electrons. The number of phenolic OH excluding ortho intramolecular Hbond substituents is 1. The lowest BCUT2D eigenvalue weighted by atomic mass is 9.51. The maximum absolute atomic E-state index is 13.3. The Kier molecular flexibility index (Phi) is 6.42. The van der Waals surface area contributed by atoms with Gasteiger partial charge in [-0.25, -0.2) is 0 Å². The van der Waals surface area contributed by atoms with Crippen molar-refractivity contribution in [2.45, 2.75) is 115 Å². The minimum absolute atomic E-state index is 0.00175. The zero-order chi connectivity index (χ0) is 27.0. The van der Waals surface area contributed by atoms with Crippen molar-refractivity contribution < 1.29 is 24.1 Å². The normalized spacial score (nSPS) is 32.5. The molecule has 0 unspecified atom stereocenters. The summed E-state index contributed by atoms with van der Waals surface area (Å²) in [6, 6.07) is 1.82. The van der Waals surface area contributed by atoms with Crippen LogP contribution in [0.1, 0.15) is 84.3 Å². The zero-order valence-electron chi connectivity index (χ0n) is 24.0. The maximum Gasteiger partial charge on any atom is 0.323 e. The van der Waals surface area contributed by atoms with Gasteiger partial charge in [-0.1, -0.05) is 13.8 Å². The van der Waals surface area contributed by atoms with Crippen LogP contribution < -0.4 is 14.8 Å². The van der Waals surface area contributed by atoms with Crippen LogP contribution in [-0.4, -0.2) is 66.0 Å². The van der Waals surface area contributed by atoms with E-state index < -0.39 is 11.6 Å². The molecule has 1 saturated heterocycles. The van der Waals surface area contributed by atoms with Crippen LogP contribution in [0.2, 0.25) is 0 Å². The van der Waals surface area contributed by atoms with Crippen LogP contribution in [0, 0.1) is 17.8 Å². The molecule has 1 aromatic carbocycles. The number of benzene rings is 1. The smallest absolute Gasteiger partial charge is 0.323 e. The molecule has 3 fully saturated rings. The third kappa shape index (κ3) is 4.28. The molecule has 7 heteroatoms. The highest BCUT2D eigenvalue weighted by molar-refractivity contribution is 5.76. The number of rotatable bonds is 8. The van der Waals surface area contributed by atoms with Crippen LogP contribution in [0.15, 0.2) is 6.07 Å². The second-order valence-electron chi connectivity index (χ2n) is 14.0. The summed E-state index contributed by atoms with van der Waals surface area (Å²) in [5.74, 6) is 3.09. The monoisotopic (exact) mass is 526 g/mol. The minimum atomic E-state index is -0.535. The third-order valence-electron chi connectivity index (χ3n) is 9.74. The summed E-state index contributed by atoms with van der Waals surface area (Å²) in [6.07, 6.45) is 7.30. The van der Waals surface area contributed by atoms with E-state index in [9.17, 15) is 9.90 Å². The van der Waals surface area contributed by atoms with E-state index >= 15 is 0 Å². The van der Waals surface area contributed by atoms with Gasteiger partial charge in [0.1, 0.15) is 23.5 Å². The highest BCUT2D eigenvalue weighted by Crippen LogP contribution is 2.65. The lowest BCUT2D eigenvalue weighted by Gasteiger charge is -2.60. The van der Waals surface area contributed by atoms with Gasteiger partial charge in [-0.05, 0) is 90.0 Å². The number of nitrogens with one attached hydrogen (secondary N) is 1. The van der Waals surface area contributed by atoms with E-state index in [-0.39, 0.29) is 29.3 Å². The maximum atomic E-state index is 13.3. The SMILES string of the molecule is COc1cc(O)c2c3c1C[C@@H]1[C@@H]4CC[C@@H](N[C@@H](CC(C)C)C(=O)OC(C)(C)C)[C@H](O2)[C@]34CCN1CC1CC1. The predicted octanol–water partition coefficient (Wildman–Crippen LogP) is 4.56. The Labute approximate surface area is 227 Å². The highest BCUT2D eigenvalue weighted by atomic mass is 16.6. The number of carbonyl (C=O) groups is 1. The molecule has 7 nitrogen and oxygen atoms in total. The molecule has 2 N–H and O–H groups in total. The van der Waals surface area contributed by atoms with Gasteiger partial charge in [-0.3, -0.25) is 15.0 Å². The van der Waals surface area contributed by atoms with Gasteiger partial charge in [0, 0.05) is 41.2 Å². The number of nitrogens with zero attached hydrogens (tertiary/aromatic N) is 1. The highest BCUT2D eigenvalue weighted by Gasteiger charge is 2.66. The summed E-state index contributed by atoms with van der Waals surface area (Å²) in [5, 5.41) is 14.8. The van der Waals surface area contributed by atoms with Crippen molar-refractivity contribution in [2.75, 3.05) is 20.2 Å². The zero-order valence-corrected chi connectivity index (χ0v) is 24.0. The number of methoxy groups -OCH3 is 1. The molecular weight excluding hydrogens is 480 g/mol. The Bertz CT molecular complexity index is 1090. The van der Waals surface area contributed by atoms with Crippen molar-refractivity contribution in [2.24, 2.45) is 17.8 Å². The van der Waals surface area contributed by atoms with E-state index in [0.717, 1.165) is 43.9 Å². The molecule has 2 aliphatic heterocycles. The Hall–Kier alpha value is -1.99. The number of aromatic hydroxyl groups is 1. The summed E-state index contributed by atoms with van der Waals surface area (Å²) in [5.41, 5.74) is 1.70. The van der Waals surface area contributed by atoms with E-state index in [1.807, 2.05) is 20.8 Å². The summed E-state index contributed by atoms with van der Waals surface area (Å²) < 4.78 is 18.5. The standard InChI is InChI=1S/C31H46N2O5/c1-17(2)13-22(29(35)38-30(3,4)5)32-21-10-9-20-23-14-19-25(36-6)15-24(34)27-26(19)31(20,28(21)37-27)11-12-33(23)16-18-7-8-18/h15,17-18,20-23,28,32,34H,7-14,16H2,1-6H3/t20-,21+,22-,23+,28-,31-/m0/s1. The number of carbonyl (C=O) groups excluding carboxylic acids is 1. The van der Waals surface area contributed by atoms with E-state index in [4.69, 9.17) is 14.2 Å². The van der Waals surface area contributed by atoms with E-state index in [2.05, 4.69) is 24.1 Å². The van der Waals surface area contributed by atoms with Crippen LogP contribution in [0.5, 0.6) is 17.2 Å². The Morgan fingerprint density at radius 2 is 2.03 bits per heavy atom. The molecule has 1 spiro atoms. The molecule has 3 aliphatic carbocycles. The first-order chi connectivity index (χ1) is 18.0. The van der Waals surface area contributed by atoms with Gasteiger partial charge in [0.05, 0.1) is 7.11 Å². The number of piperidine rings is 1. The molecular formula is C31H46N2O5. The summed E-state index contributed by atoms with van der Waals surface area (Å²) >= 11 is 0. The van der Waals surface area contributed by atoms with Crippen molar-refractivity contribution in [1.82, 2.24) is 10.2 Å². The van der Waals surface area contributed by atoms with Gasteiger partial charge in [0.15, 0.2) is 11.5 Å². The van der Waals surface area contributed by atoms with Gasteiger partial charge >= 0.3 is 5.97 Å². The number of esters is 1. The number of hydrogen-bond donors (Lipinski definition) is 2. The van der Waals surface area contributed by atoms with Crippen LogP contribution in [0.4, 0.5) is 0 Å². The molecule has 210 valence electrons. The van der Waals surface area contributed by atoms with E-state index in [0.29, 0.717) is 30.0 Å². The molecule has 6 rings (SSSR count). The second-order valence-corrected chi connectivity index (χ2v) is 14.0. The van der Waals surface area contributed by atoms with Crippen molar-refractivity contribution in [3.8, 4) is 17.2 Å². The molecule has 38 heavy (non-hydrogen) atoms. The Balaban J connectivity index is 1.37. The van der Waals surface area contributed by atoms with Crippen LogP contribution in [-0.2, 0) is 21.4 Å². The Morgan fingerprint density at radius 1 is 1.26 bits per heavy atom. The average molecular weight is 527 g/mol. The van der Waals surface area contributed by atoms with Crippen LogP contribution in [0.25, 0.3) is 0 Å². The predicted molar refractivity (Wildman–Crippen MR) is 146 cm³/mol. The summed E-state index contributed by atoms with van der Waals surface area (Å²) in [7, 11) is 1.70. The first-order valence-electron chi connectivity index (χ1n) is 14.8. The van der Waals surface area contributed by atoms with Gasteiger partial charge in [0.2, 0.25) is 0 Å². The first kappa shape index (κ1) is 26.2. The fourth-order valence-corrected chi connectivity index (χ4v) is 8.22. The molecule has 2 heterocycles. The van der Waals surface area contributed by atoms with E-state index in [1.54, 1.807) is 13.2 Å². The lowest BCUT2D eigenvalue weighted by Crippen LogP contribution is -2.69. The molecule has 0 aromatic heterocycles. The van der Waals surface area contributed by atoms with Gasteiger partial charge in [-0.2, -0.15) is 0 Å². The van der Waals surface area contributed by atoms with Gasteiger partial charge in [0.25, 0.3) is 0 Å². The number of hydrogen-bond acceptors (Lipinski definition) is 7. The second kappa shape index (κ2) is 9.29. The first-order valence-corrected chi connectivity index (χ1v) is 14.8. The van der Waals surface area contributed by atoms with E-state index in [1.165, 1.54) is 30.5 Å². The van der Waals surface area contributed by atoms with Crippen molar-refractivity contribution in [3.05, 3.63) is 17.2 Å². The van der Waals surface area contributed by atoms with Crippen molar-refractivity contribution >= 4 is 5.97 Å². The van der Waals surface area contributed by atoms with Crippen molar-refractivity contribution in [1.29, 1.82) is 0 Å². The van der Waals surface area contributed by atoms with Crippen LogP contribution in [0.3, 0.4) is 0 Å². The van der Waals surface area contributed by atoms with Crippen molar-refractivity contribution in [3.63, 3.8) is 0 Å². The molecule has 5 aliphatic rings. The fraction of sp³-hybridized carbons (Fsp3) is 0.774. The molecule has 6 atom stereocenters. The van der Waals surface area contributed by atoms with Gasteiger partial charge < -0.3 is 19.3 Å². The minimum Gasteiger partial charge on any atom is -0.504 e. The summed E-state index contributed by atoms with van der Waals surface area (Å²) in [4.78, 5) is 16.1. The average Bonchev–Trinajstić information content (AvgIpc) is 3.58. The number of phenols is 1. The molecule has 0 amide bonds. The lowest BCUT2D eigenvalue weighted by molar-refractivity contribution is -0.159. The largest absolute Gasteiger partial charge is 0.504 e. The van der Waals surface area contributed by atoms with Crippen LogP contribution >= 0.6 is 0 Å². The summed E-state index contributed by atoms with van der Waals surface area (Å²) in [6.45, 7) is 12.3. The van der Waals surface area contributed by atoms with Gasteiger partial charge in [-0.15, -0.1) is 0 Å². The quantitative estimate of drug-likeness (QED) is 0.481. The molecule has 2 saturated carbocycles. The fourth-order valence-electron chi connectivity index (χ4n) is 8.22. The Morgan fingerprint density at radius 3 is 2.68 bits per heavy atom. The topological polar surface area (TPSA) is 80.3 Å². The molecule has 1 aromatic rings. The third-order valence-corrected chi connectivity index (χ3v) is 9.74.